The van der Waals surface area contributed by atoms with Crippen LogP contribution in [0.15, 0.2) is 78.0 Å². The molecule has 2 heterocycles. The Morgan fingerprint density at radius 2 is 1.75 bits per heavy atom. The van der Waals surface area contributed by atoms with Crippen LogP contribution in [0.4, 0.5) is 5.69 Å². The van der Waals surface area contributed by atoms with E-state index in [0.717, 1.165) is 28.3 Å². The topological polar surface area (TPSA) is 69.2 Å². The van der Waals surface area contributed by atoms with E-state index in [1.54, 1.807) is 7.11 Å². The Bertz CT molecular complexity index is 1250. The predicted molar refractivity (Wildman–Crippen MR) is 126 cm³/mol. The number of hydrogen-bond acceptors (Lipinski definition) is 7. The van der Waals surface area contributed by atoms with Crippen molar-refractivity contribution in [3.63, 3.8) is 0 Å². The van der Waals surface area contributed by atoms with Gasteiger partial charge < -0.3 is 14.8 Å². The molecule has 32 heavy (non-hydrogen) atoms. The molecule has 1 aromatic heterocycles. The number of ether oxygens (including phenoxy) is 2. The predicted octanol–water partition coefficient (Wildman–Crippen LogP) is 5.65. The van der Waals surface area contributed by atoms with E-state index in [0.29, 0.717) is 16.7 Å². The second-order valence-electron chi connectivity index (χ2n) is 7.45. The van der Waals surface area contributed by atoms with Crippen LogP contribution >= 0.6 is 11.8 Å². The van der Waals surface area contributed by atoms with Crippen LogP contribution in [0.5, 0.6) is 11.6 Å². The van der Waals surface area contributed by atoms with Gasteiger partial charge in [0.1, 0.15) is 5.75 Å². The summed E-state index contributed by atoms with van der Waals surface area (Å²) in [7, 11) is 1.65. The Hall–Kier alpha value is -3.58. The molecule has 6 nitrogen and oxygen atoms in total. The van der Waals surface area contributed by atoms with Gasteiger partial charge in [0.05, 0.1) is 12.7 Å². The second kappa shape index (κ2) is 8.88. The molecule has 1 atom stereocenters. The molecule has 0 radical (unpaired) electrons. The molecule has 0 spiro atoms. The van der Waals surface area contributed by atoms with Gasteiger partial charge in [-0.2, -0.15) is 4.98 Å². The molecule has 0 bridgehead atoms. The summed E-state index contributed by atoms with van der Waals surface area (Å²) < 4.78 is 11.9. The summed E-state index contributed by atoms with van der Waals surface area (Å²) in [6.45, 7) is 2.08. The van der Waals surface area contributed by atoms with Gasteiger partial charge in [0.2, 0.25) is 17.3 Å². The SMILES string of the molecule is COc1ccccc1[C@H]1Nc2ccccc2-c2nnc(SCc3ccc(C)cc3)nc2O1. The molecule has 160 valence electrons. The first-order valence-electron chi connectivity index (χ1n) is 10.3. The van der Waals surface area contributed by atoms with Crippen LogP contribution in [-0.2, 0) is 5.75 Å². The normalized spacial score (nSPS) is 14.4. The van der Waals surface area contributed by atoms with Gasteiger partial charge in [-0.3, -0.25) is 0 Å². The molecule has 0 fully saturated rings. The summed E-state index contributed by atoms with van der Waals surface area (Å²) in [5.41, 5.74) is 5.74. The van der Waals surface area contributed by atoms with Gasteiger partial charge in [-0.1, -0.05) is 71.9 Å². The van der Waals surface area contributed by atoms with E-state index in [1.807, 2.05) is 48.5 Å². The molecule has 3 aromatic carbocycles. The van der Waals surface area contributed by atoms with Crippen molar-refractivity contribution in [3.05, 3.63) is 89.5 Å². The standard InChI is InChI=1S/C25H22N4O2S/c1-16-11-13-17(14-12-16)15-32-25-27-24-22(28-29-25)18-7-3-5-9-20(18)26-23(31-24)19-8-4-6-10-21(19)30-2/h3-14,23,26H,15H2,1-2H3/t23-/m0/s1. The summed E-state index contributed by atoms with van der Waals surface area (Å²) in [5.74, 6) is 1.94. The Kier molecular flexibility index (Phi) is 5.64. The highest BCUT2D eigenvalue weighted by atomic mass is 32.2. The highest BCUT2D eigenvalue weighted by Gasteiger charge is 2.27. The second-order valence-corrected chi connectivity index (χ2v) is 8.39. The van der Waals surface area contributed by atoms with Gasteiger partial charge in [0, 0.05) is 17.0 Å². The van der Waals surface area contributed by atoms with Crippen molar-refractivity contribution < 1.29 is 9.47 Å². The van der Waals surface area contributed by atoms with Crippen molar-refractivity contribution in [3.8, 4) is 22.9 Å². The number of nitrogens with zero attached hydrogens (tertiary/aromatic N) is 3. The van der Waals surface area contributed by atoms with Gasteiger partial charge in [0.15, 0.2) is 5.69 Å². The van der Waals surface area contributed by atoms with Crippen LogP contribution in [0.1, 0.15) is 22.9 Å². The molecule has 1 aliphatic heterocycles. The molecule has 0 saturated carbocycles. The van der Waals surface area contributed by atoms with Crippen LogP contribution in [-0.4, -0.2) is 22.3 Å². The van der Waals surface area contributed by atoms with Crippen molar-refractivity contribution >= 4 is 17.4 Å². The number of benzene rings is 3. The number of anilines is 1. The van der Waals surface area contributed by atoms with E-state index in [1.165, 1.54) is 22.9 Å². The maximum atomic E-state index is 6.36. The van der Waals surface area contributed by atoms with Gasteiger partial charge in [-0.15, -0.1) is 10.2 Å². The number of aryl methyl sites for hydroxylation is 1. The Morgan fingerprint density at radius 3 is 2.59 bits per heavy atom. The van der Waals surface area contributed by atoms with Gasteiger partial charge in [-0.05, 0) is 30.7 Å². The molecule has 5 rings (SSSR count). The average Bonchev–Trinajstić information content (AvgIpc) is 3.00. The summed E-state index contributed by atoms with van der Waals surface area (Å²) in [5, 5.41) is 12.9. The van der Waals surface area contributed by atoms with Crippen LogP contribution in [0.2, 0.25) is 0 Å². The smallest absolute Gasteiger partial charge is 0.247 e. The largest absolute Gasteiger partial charge is 0.496 e. The zero-order chi connectivity index (χ0) is 21.9. The van der Waals surface area contributed by atoms with E-state index >= 15 is 0 Å². The number of rotatable bonds is 5. The highest BCUT2D eigenvalue weighted by molar-refractivity contribution is 7.98. The van der Waals surface area contributed by atoms with Crippen LogP contribution < -0.4 is 14.8 Å². The van der Waals surface area contributed by atoms with Crippen molar-refractivity contribution in [2.75, 3.05) is 12.4 Å². The molecular formula is C25H22N4O2S. The third-order valence-corrected chi connectivity index (χ3v) is 6.15. The number of methoxy groups -OCH3 is 1. The molecule has 1 N–H and O–H groups in total. The number of fused-ring (bicyclic) bond motifs is 3. The monoisotopic (exact) mass is 442 g/mol. The minimum Gasteiger partial charge on any atom is -0.496 e. The molecule has 7 heteroatoms. The van der Waals surface area contributed by atoms with Crippen LogP contribution in [0.3, 0.4) is 0 Å². The van der Waals surface area contributed by atoms with Crippen molar-refractivity contribution in [1.29, 1.82) is 0 Å². The van der Waals surface area contributed by atoms with Crippen molar-refractivity contribution in [1.82, 2.24) is 15.2 Å². The van der Waals surface area contributed by atoms with Crippen LogP contribution in [0.25, 0.3) is 11.3 Å². The number of hydrogen-bond donors (Lipinski definition) is 1. The first-order chi connectivity index (χ1) is 15.7. The van der Waals surface area contributed by atoms with Gasteiger partial charge in [-0.25, -0.2) is 0 Å². The third kappa shape index (κ3) is 4.11. The number of thioether (sulfide) groups is 1. The maximum absolute atomic E-state index is 6.36. The summed E-state index contributed by atoms with van der Waals surface area (Å²) >= 11 is 1.54. The highest BCUT2D eigenvalue weighted by Crippen LogP contribution is 2.41. The van der Waals surface area contributed by atoms with Gasteiger partial charge >= 0.3 is 0 Å². The maximum Gasteiger partial charge on any atom is 0.247 e. The van der Waals surface area contributed by atoms with Crippen molar-refractivity contribution in [2.24, 2.45) is 0 Å². The van der Waals surface area contributed by atoms with E-state index in [2.05, 4.69) is 46.7 Å². The lowest BCUT2D eigenvalue weighted by atomic mass is 10.1. The fourth-order valence-electron chi connectivity index (χ4n) is 3.56. The van der Waals surface area contributed by atoms with E-state index < -0.39 is 6.23 Å². The molecule has 0 saturated heterocycles. The Morgan fingerprint density at radius 1 is 0.969 bits per heavy atom. The molecule has 1 aliphatic rings. The zero-order valence-electron chi connectivity index (χ0n) is 17.8. The molecule has 0 amide bonds. The molecular weight excluding hydrogens is 420 g/mol. The lowest BCUT2D eigenvalue weighted by molar-refractivity contribution is 0.220. The fourth-order valence-corrected chi connectivity index (χ4v) is 4.30. The minimum atomic E-state index is -0.486. The zero-order valence-corrected chi connectivity index (χ0v) is 18.6. The molecule has 0 aliphatic carbocycles. The summed E-state index contributed by atoms with van der Waals surface area (Å²) in [6, 6.07) is 24.2. The van der Waals surface area contributed by atoms with E-state index in [9.17, 15) is 0 Å². The first-order valence-corrected chi connectivity index (χ1v) is 11.3. The number of para-hydroxylation sites is 2. The lowest BCUT2D eigenvalue weighted by Gasteiger charge is -2.21. The number of nitrogens with one attached hydrogen (secondary N) is 1. The lowest BCUT2D eigenvalue weighted by Crippen LogP contribution is -2.18. The third-order valence-electron chi connectivity index (χ3n) is 5.24. The van der Waals surface area contributed by atoms with Gasteiger partial charge in [0.25, 0.3) is 0 Å². The van der Waals surface area contributed by atoms with Crippen LogP contribution in [0, 0.1) is 6.92 Å². The minimum absolute atomic E-state index is 0.444. The van der Waals surface area contributed by atoms with Crippen molar-refractivity contribution in [2.45, 2.75) is 24.1 Å². The summed E-state index contributed by atoms with van der Waals surface area (Å²) in [6.07, 6.45) is -0.486. The van der Waals surface area contributed by atoms with E-state index in [4.69, 9.17) is 14.5 Å². The first kappa shape index (κ1) is 20.3. The Balaban J connectivity index is 1.50. The fraction of sp³-hybridized carbons (Fsp3) is 0.160. The average molecular weight is 443 g/mol. The molecule has 0 unspecified atom stereocenters. The Labute approximate surface area is 191 Å². The summed E-state index contributed by atoms with van der Waals surface area (Å²) in [4.78, 5) is 4.72. The van der Waals surface area contributed by atoms with E-state index in [-0.39, 0.29) is 0 Å². The molecule has 4 aromatic rings. The quantitative estimate of drug-likeness (QED) is 0.401. The number of aromatic nitrogens is 3.